The fraction of sp³-hybridized carbons (Fsp3) is 0.286. The van der Waals surface area contributed by atoms with Crippen molar-refractivity contribution in [2.75, 3.05) is 11.4 Å². The normalized spacial score (nSPS) is 15.3. The molecule has 0 atom stereocenters. The van der Waals surface area contributed by atoms with Crippen molar-refractivity contribution in [3.8, 4) is 0 Å². The van der Waals surface area contributed by atoms with Crippen LogP contribution in [-0.2, 0) is 22.6 Å². The molecule has 5 nitrogen and oxygen atoms in total. The number of carbonyl (C=O) groups is 2. The van der Waals surface area contributed by atoms with Gasteiger partial charge >= 0.3 is 0 Å². The number of aldehydes is 2. The molecule has 1 aliphatic rings. The average molecular weight is 294 g/mol. The number of carbonyl (C=O) groups excluding carboxylic acids is 2. The predicted octanol–water partition coefficient (Wildman–Crippen LogP) is 1.25. The molecular formula is C14H16ClN3O2. The summed E-state index contributed by atoms with van der Waals surface area (Å²) >= 11 is 5.52. The van der Waals surface area contributed by atoms with Crippen LogP contribution in [0.3, 0.4) is 0 Å². The third kappa shape index (κ3) is 2.84. The van der Waals surface area contributed by atoms with Crippen molar-refractivity contribution in [3.05, 3.63) is 40.7 Å². The van der Waals surface area contributed by atoms with E-state index in [1.165, 1.54) is 0 Å². The Balaban J connectivity index is 2.47. The summed E-state index contributed by atoms with van der Waals surface area (Å²) in [6.45, 7) is 1.18. The molecule has 1 aliphatic heterocycles. The predicted molar refractivity (Wildman–Crippen MR) is 78.1 cm³/mol. The second kappa shape index (κ2) is 6.54. The zero-order valence-corrected chi connectivity index (χ0v) is 11.7. The number of nitrogens with two attached hydrogens (primary N) is 1. The molecule has 0 unspecified atom stereocenters. The van der Waals surface area contributed by atoms with Gasteiger partial charge in [-0.2, -0.15) is 0 Å². The number of nitrogens with zero attached hydrogens (tertiary/aromatic N) is 1. The van der Waals surface area contributed by atoms with Crippen molar-refractivity contribution in [1.82, 2.24) is 4.84 Å². The number of allylic oxidation sites excluding steroid dienone is 2. The van der Waals surface area contributed by atoms with Crippen molar-refractivity contribution in [3.63, 3.8) is 0 Å². The number of aryl methyl sites for hydroxylation is 1. The molecule has 1 aromatic carbocycles. The van der Waals surface area contributed by atoms with E-state index in [-0.39, 0.29) is 11.4 Å². The van der Waals surface area contributed by atoms with E-state index in [1.54, 1.807) is 4.90 Å². The van der Waals surface area contributed by atoms with Crippen molar-refractivity contribution in [2.45, 2.75) is 19.4 Å². The van der Waals surface area contributed by atoms with Crippen molar-refractivity contribution in [2.24, 2.45) is 5.73 Å². The number of hydrogen-bond acceptors (Lipinski definition) is 5. The molecule has 1 heterocycles. The van der Waals surface area contributed by atoms with E-state index in [1.807, 2.05) is 18.2 Å². The molecule has 0 spiro atoms. The fourth-order valence-corrected chi connectivity index (χ4v) is 2.56. The Hall–Kier alpha value is -1.85. The highest BCUT2D eigenvalue weighted by Gasteiger charge is 2.21. The number of nitrogens with one attached hydrogen (secondary N) is 1. The first-order valence-electron chi connectivity index (χ1n) is 6.34. The Morgan fingerprint density at radius 2 is 2.20 bits per heavy atom. The second-order valence-electron chi connectivity index (χ2n) is 4.60. The maximum Gasteiger partial charge on any atom is 0.168 e. The maximum absolute atomic E-state index is 11.3. The third-order valence-electron chi connectivity index (χ3n) is 3.36. The molecule has 0 bridgehead atoms. The number of anilines is 1. The summed E-state index contributed by atoms with van der Waals surface area (Å²) in [5.74, 6) is 0. The molecule has 6 heteroatoms. The maximum atomic E-state index is 11.3. The Bertz CT molecular complexity index is 557. The van der Waals surface area contributed by atoms with Gasteiger partial charge in [-0.05, 0) is 41.8 Å². The molecule has 0 saturated heterocycles. The van der Waals surface area contributed by atoms with Crippen LogP contribution in [0.1, 0.15) is 17.5 Å². The second-order valence-corrected chi connectivity index (χ2v) is 4.87. The van der Waals surface area contributed by atoms with Gasteiger partial charge in [0.2, 0.25) is 0 Å². The van der Waals surface area contributed by atoms with Gasteiger partial charge < -0.3 is 10.6 Å². The molecule has 1 aromatic rings. The van der Waals surface area contributed by atoms with E-state index in [4.69, 9.17) is 17.5 Å². The van der Waals surface area contributed by atoms with Gasteiger partial charge in [-0.3, -0.25) is 9.59 Å². The number of halogens is 1. The zero-order valence-electron chi connectivity index (χ0n) is 10.9. The summed E-state index contributed by atoms with van der Waals surface area (Å²) in [5.41, 5.74) is 8.83. The van der Waals surface area contributed by atoms with Gasteiger partial charge in [-0.1, -0.05) is 12.1 Å². The van der Waals surface area contributed by atoms with E-state index in [0.29, 0.717) is 25.7 Å². The topological polar surface area (TPSA) is 75.4 Å². The van der Waals surface area contributed by atoms with Crippen molar-refractivity contribution < 1.29 is 9.59 Å². The minimum Gasteiger partial charge on any atom is -0.394 e. The van der Waals surface area contributed by atoms with Crippen LogP contribution >= 0.6 is 11.8 Å². The lowest BCUT2D eigenvalue weighted by Crippen LogP contribution is -2.32. The molecule has 0 aromatic heterocycles. The Labute approximate surface area is 122 Å². The summed E-state index contributed by atoms with van der Waals surface area (Å²) in [5, 5.41) is 0. The van der Waals surface area contributed by atoms with Gasteiger partial charge in [0.05, 0.1) is 5.70 Å². The highest BCUT2D eigenvalue weighted by Crippen LogP contribution is 2.31. The van der Waals surface area contributed by atoms with E-state index in [9.17, 15) is 9.59 Å². The van der Waals surface area contributed by atoms with Crippen molar-refractivity contribution >= 4 is 30.0 Å². The van der Waals surface area contributed by atoms with E-state index < -0.39 is 0 Å². The zero-order chi connectivity index (χ0) is 14.5. The summed E-state index contributed by atoms with van der Waals surface area (Å²) in [7, 11) is 0. The van der Waals surface area contributed by atoms with Gasteiger partial charge in [-0.15, -0.1) is 0 Å². The van der Waals surface area contributed by atoms with Crippen LogP contribution in [0, 0.1) is 0 Å². The Kier molecular flexibility index (Phi) is 4.76. The smallest absolute Gasteiger partial charge is 0.168 e. The first-order chi connectivity index (χ1) is 9.71. The first-order valence-corrected chi connectivity index (χ1v) is 6.72. The van der Waals surface area contributed by atoms with Gasteiger partial charge in [0, 0.05) is 18.8 Å². The Morgan fingerprint density at radius 1 is 1.40 bits per heavy atom. The molecule has 0 amide bonds. The number of hydrogen-bond donors (Lipinski definition) is 2. The Morgan fingerprint density at radius 3 is 2.85 bits per heavy atom. The van der Waals surface area contributed by atoms with Crippen LogP contribution in [0.2, 0.25) is 0 Å². The highest BCUT2D eigenvalue weighted by atomic mass is 35.5. The lowest BCUT2D eigenvalue weighted by Gasteiger charge is -2.32. The lowest BCUT2D eigenvalue weighted by molar-refractivity contribution is -0.107. The van der Waals surface area contributed by atoms with Crippen LogP contribution in [-0.4, -0.2) is 19.1 Å². The standard InChI is InChI=1S/C14H16ClN3O2/c15-17-7-10-3-4-11-2-1-5-18(13(11)6-10)14(9-20)12(16)8-19/h3-4,6,8-9,17H,1-2,5,7,16H2/b14-12-. The fourth-order valence-electron chi connectivity index (χ4n) is 2.41. The molecule has 0 aliphatic carbocycles. The van der Waals surface area contributed by atoms with E-state index in [0.717, 1.165) is 29.7 Å². The largest absolute Gasteiger partial charge is 0.394 e. The summed E-state index contributed by atoms with van der Waals surface area (Å²) < 4.78 is 0. The molecule has 0 radical (unpaired) electrons. The molecule has 106 valence electrons. The molecule has 3 N–H and O–H groups in total. The number of benzene rings is 1. The van der Waals surface area contributed by atoms with Crippen LogP contribution in [0.15, 0.2) is 29.6 Å². The van der Waals surface area contributed by atoms with E-state index in [2.05, 4.69) is 4.84 Å². The SMILES string of the molecule is N/C(C=O)=C(/C=O)N1CCCc2ccc(CNCl)cc21. The monoisotopic (exact) mass is 293 g/mol. The van der Waals surface area contributed by atoms with Crippen LogP contribution in [0.5, 0.6) is 0 Å². The number of rotatable bonds is 5. The molecule has 2 rings (SSSR count). The quantitative estimate of drug-likeness (QED) is 0.485. The number of fused-ring (bicyclic) bond motifs is 1. The van der Waals surface area contributed by atoms with E-state index >= 15 is 0 Å². The average Bonchev–Trinajstić information content (AvgIpc) is 2.48. The highest BCUT2D eigenvalue weighted by molar-refractivity contribution is 6.13. The summed E-state index contributed by atoms with van der Waals surface area (Å²) in [4.78, 5) is 26.5. The molecule has 20 heavy (non-hydrogen) atoms. The van der Waals surface area contributed by atoms with Crippen molar-refractivity contribution in [1.29, 1.82) is 0 Å². The lowest BCUT2D eigenvalue weighted by atomic mass is 9.98. The van der Waals surface area contributed by atoms with Crippen LogP contribution in [0.25, 0.3) is 0 Å². The van der Waals surface area contributed by atoms with Gasteiger partial charge in [-0.25, -0.2) is 4.84 Å². The van der Waals surface area contributed by atoms with Gasteiger partial charge in [0.15, 0.2) is 12.6 Å². The molecule has 0 saturated carbocycles. The summed E-state index contributed by atoms with van der Waals surface area (Å²) in [6.07, 6.45) is 2.98. The van der Waals surface area contributed by atoms with Crippen LogP contribution < -0.4 is 15.5 Å². The minimum absolute atomic E-state index is 0.0475. The first kappa shape index (κ1) is 14.6. The van der Waals surface area contributed by atoms with Gasteiger partial charge in [0.1, 0.15) is 5.70 Å². The summed E-state index contributed by atoms with van der Waals surface area (Å²) in [6, 6.07) is 5.97. The van der Waals surface area contributed by atoms with Crippen LogP contribution in [0.4, 0.5) is 5.69 Å². The molecule has 0 fully saturated rings. The minimum atomic E-state index is -0.0475. The van der Waals surface area contributed by atoms with Gasteiger partial charge in [0.25, 0.3) is 0 Å². The molecular weight excluding hydrogens is 278 g/mol. The third-order valence-corrected chi connectivity index (χ3v) is 3.50.